The number of halogens is 1. The summed E-state index contributed by atoms with van der Waals surface area (Å²) in [6.07, 6.45) is 0. The summed E-state index contributed by atoms with van der Waals surface area (Å²) < 4.78 is 5.52. The Morgan fingerprint density at radius 1 is 1.04 bits per heavy atom. The van der Waals surface area contributed by atoms with Crippen molar-refractivity contribution in [1.29, 1.82) is 0 Å². The number of carboxylic acid groups (broad SMARTS) is 1. The predicted octanol–water partition coefficient (Wildman–Crippen LogP) is 4.26. The molecule has 3 aromatic rings. The summed E-state index contributed by atoms with van der Waals surface area (Å²) in [4.78, 5) is 23.1. The van der Waals surface area contributed by atoms with Crippen LogP contribution in [0.5, 0.6) is 5.75 Å². The van der Waals surface area contributed by atoms with Crippen LogP contribution < -0.4 is 5.32 Å². The van der Waals surface area contributed by atoms with Crippen LogP contribution in [0, 0.1) is 0 Å². The second kappa shape index (κ2) is 6.70. The summed E-state index contributed by atoms with van der Waals surface area (Å²) in [5.41, 5.74) is 0.724. The third-order valence-corrected chi connectivity index (χ3v) is 3.66. The first-order valence-corrected chi connectivity index (χ1v) is 7.55. The van der Waals surface area contributed by atoms with Gasteiger partial charge in [0.1, 0.15) is 17.1 Å². The standard InChI is InChI=1S/C18H12ClNO5/c19-11-3-1-2-10(8-11)15-6-7-16(25-15)17(22)20-12-4-5-13(18(23)24)14(21)9-12/h1-9,21H,(H,20,22)(H,23,24). The van der Waals surface area contributed by atoms with E-state index in [9.17, 15) is 14.7 Å². The van der Waals surface area contributed by atoms with E-state index in [1.165, 1.54) is 18.2 Å². The molecule has 126 valence electrons. The van der Waals surface area contributed by atoms with Gasteiger partial charge in [-0.2, -0.15) is 0 Å². The molecule has 1 heterocycles. The summed E-state index contributed by atoms with van der Waals surface area (Å²) >= 11 is 5.93. The van der Waals surface area contributed by atoms with E-state index >= 15 is 0 Å². The fourth-order valence-corrected chi connectivity index (χ4v) is 2.43. The molecule has 0 saturated heterocycles. The van der Waals surface area contributed by atoms with Gasteiger partial charge in [0, 0.05) is 22.3 Å². The average molecular weight is 358 g/mol. The molecule has 1 amide bonds. The number of carbonyl (C=O) groups excluding carboxylic acids is 1. The second-order valence-corrected chi connectivity index (χ2v) is 5.60. The number of furan rings is 1. The number of benzene rings is 2. The molecule has 0 aliphatic rings. The zero-order valence-corrected chi connectivity index (χ0v) is 13.4. The Hall–Kier alpha value is -3.25. The maximum atomic E-state index is 12.2. The van der Waals surface area contributed by atoms with Crippen LogP contribution in [-0.2, 0) is 0 Å². The molecule has 0 saturated carbocycles. The Balaban J connectivity index is 1.78. The number of nitrogens with one attached hydrogen (secondary N) is 1. The van der Waals surface area contributed by atoms with Crippen molar-refractivity contribution in [2.24, 2.45) is 0 Å². The quantitative estimate of drug-likeness (QED) is 0.648. The number of carboxylic acids is 1. The lowest BCUT2D eigenvalue weighted by Crippen LogP contribution is -2.11. The molecular formula is C18H12ClNO5. The molecule has 0 aliphatic heterocycles. The highest BCUT2D eigenvalue weighted by Crippen LogP contribution is 2.26. The number of aromatic carboxylic acids is 1. The van der Waals surface area contributed by atoms with Gasteiger partial charge in [-0.05, 0) is 36.4 Å². The van der Waals surface area contributed by atoms with Gasteiger partial charge in [0.25, 0.3) is 5.91 Å². The molecule has 25 heavy (non-hydrogen) atoms. The zero-order chi connectivity index (χ0) is 18.0. The number of amides is 1. The van der Waals surface area contributed by atoms with Crippen molar-refractivity contribution in [1.82, 2.24) is 0 Å². The Morgan fingerprint density at radius 3 is 2.52 bits per heavy atom. The topological polar surface area (TPSA) is 99.8 Å². The molecule has 0 fully saturated rings. The van der Waals surface area contributed by atoms with Crippen molar-refractivity contribution in [3.05, 3.63) is 70.9 Å². The van der Waals surface area contributed by atoms with Gasteiger partial charge in [-0.15, -0.1) is 0 Å². The Morgan fingerprint density at radius 2 is 1.84 bits per heavy atom. The van der Waals surface area contributed by atoms with Crippen molar-refractivity contribution < 1.29 is 24.2 Å². The predicted molar refractivity (Wildman–Crippen MR) is 92.2 cm³/mol. The highest BCUT2D eigenvalue weighted by molar-refractivity contribution is 6.30. The van der Waals surface area contributed by atoms with Gasteiger partial charge in [-0.3, -0.25) is 4.79 Å². The lowest BCUT2D eigenvalue weighted by Gasteiger charge is -2.05. The molecule has 0 spiro atoms. The number of aromatic hydroxyl groups is 1. The maximum absolute atomic E-state index is 12.2. The second-order valence-electron chi connectivity index (χ2n) is 5.17. The Kier molecular flexibility index (Phi) is 4.45. The van der Waals surface area contributed by atoms with E-state index in [4.69, 9.17) is 21.1 Å². The van der Waals surface area contributed by atoms with Crippen LogP contribution in [0.2, 0.25) is 5.02 Å². The first-order valence-electron chi connectivity index (χ1n) is 7.17. The normalized spacial score (nSPS) is 10.4. The molecule has 0 bridgehead atoms. The minimum atomic E-state index is -1.26. The van der Waals surface area contributed by atoms with Crippen molar-refractivity contribution in [2.75, 3.05) is 5.32 Å². The molecule has 0 radical (unpaired) electrons. The van der Waals surface area contributed by atoms with E-state index in [0.29, 0.717) is 10.8 Å². The smallest absolute Gasteiger partial charge is 0.339 e. The third-order valence-electron chi connectivity index (χ3n) is 3.42. The minimum absolute atomic E-state index is 0.0665. The summed E-state index contributed by atoms with van der Waals surface area (Å²) in [5.74, 6) is -1.68. The lowest BCUT2D eigenvalue weighted by atomic mass is 10.2. The van der Waals surface area contributed by atoms with Crippen LogP contribution in [-0.4, -0.2) is 22.1 Å². The van der Waals surface area contributed by atoms with Crippen LogP contribution >= 0.6 is 11.6 Å². The SMILES string of the molecule is O=C(Nc1ccc(C(=O)O)c(O)c1)c1ccc(-c2cccc(Cl)c2)o1. The van der Waals surface area contributed by atoms with Crippen molar-refractivity contribution in [2.45, 2.75) is 0 Å². The summed E-state index contributed by atoms with van der Waals surface area (Å²) in [5, 5.41) is 21.6. The Labute approximate surface area is 147 Å². The number of hydrogen-bond donors (Lipinski definition) is 3. The van der Waals surface area contributed by atoms with Crippen LogP contribution in [0.25, 0.3) is 11.3 Å². The summed E-state index contributed by atoms with van der Waals surface area (Å²) in [7, 11) is 0. The first kappa shape index (κ1) is 16.6. The van der Waals surface area contributed by atoms with Crippen LogP contribution in [0.1, 0.15) is 20.9 Å². The Bertz CT molecular complexity index is 964. The molecule has 6 nitrogen and oxygen atoms in total. The highest BCUT2D eigenvalue weighted by atomic mass is 35.5. The van der Waals surface area contributed by atoms with E-state index in [1.807, 2.05) is 0 Å². The number of hydrogen-bond acceptors (Lipinski definition) is 4. The number of rotatable bonds is 4. The third kappa shape index (κ3) is 3.64. The maximum Gasteiger partial charge on any atom is 0.339 e. The highest BCUT2D eigenvalue weighted by Gasteiger charge is 2.15. The van der Waals surface area contributed by atoms with E-state index in [-0.39, 0.29) is 17.0 Å². The molecule has 0 atom stereocenters. The number of phenols is 1. The largest absolute Gasteiger partial charge is 0.507 e. The molecule has 0 aliphatic carbocycles. The van der Waals surface area contributed by atoms with Crippen LogP contribution in [0.15, 0.2) is 59.0 Å². The average Bonchev–Trinajstić information content (AvgIpc) is 3.04. The monoisotopic (exact) mass is 357 g/mol. The van der Waals surface area contributed by atoms with Crippen molar-refractivity contribution in [3.8, 4) is 17.1 Å². The van der Waals surface area contributed by atoms with Gasteiger partial charge in [0.05, 0.1) is 0 Å². The van der Waals surface area contributed by atoms with Crippen molar-refractivity contribution in [3.63, 3.8) is 0 Å². The summed E-state index contributed by atoms with van der Waals surface area (Å²) in [6, 6.07) is 13.9. The molecular weight excluding hydrogens is 346 g/mol. The molecule has 0 unspecified atom stereocenters. The number of anilines is 1. The zero-order valence-electron chi connectivity index (χ0n) is 12.7. The van der Waals surface area contributed by atoms with Gasteiger partial charge in [-0.25, -0.2) is 4.79 Å². The molecule has 2 aromatic carbocycles. The first-order chi connectivity index (χ1) is 11.9. The van der Waals surface area contributed by atoms with E-state index in [2.05, 4.69) is 5.32 Å². The van der Waals surface area contributed by atoms with Gasteiger partial charge < -0.3 is 19.9 Å². The fourth-order valence-electron chi connectivity index (χ4n) is 2.24. The van der Waals surface area contributed by atoms with Gasteiger partial charge in [-0.1, -0.05) is 23.7 Å². The van der Waals surface area contributed by atoms with E-state index in [1.54, 1.807) is 30.3 Å². The number of carbonyl (C=O) groups is 2. The lowest BCUT2D eigenvalue weighted by molar-refractivity contribution is 0.0693. The minimum Gasteiger partial charge on any atom is -0.507 e. The van der Waals surface area contributed by atoms with Crippen molar-refractivity contribution >= 4 is 29.2 Å². The molecule has 7 heteroatoms. The van der Waals surface area contributed by atoms with Crippen LogP contribution in [0.3, 0.4) is 0 Å². The fraction of sp³-hybridized carbons (Fsp3) is 0. The van der Waals surface area contributed by atoms with Gasteiger partial charge >= 0.3 is 5.97 Å². The molecule has 3 rings (SSSR count). The van der Waals surface area contributed by atoms with E-state index < -0.39 is 17.6 Å². The van der Waals surface area contributed by atoms with Gasteiger partial charge in [0.15, 0.2) is 5.76 Å². The summed E-state index contributed by atoms with van der Waals surface area (Å²) in [6.45, 7) is 0. The van der Waals surface area contributed by atoms with Crippen LogP contribution in [0.4, 0.5) is 5.69 Å². The van der Waals surface area contributed by atoms with Gasteiger partial charge in [0.2, 0.25) is 0 Å². The molecule has 3 N–H and O–H groups in total. The molecule has 1 aromatic heterocycles. The van der Waals surface area contributed by atoms with E-state index in [0.717, 1.165) is 11.6 Å².